The van der Waals surface area contributed by atoms with E-state index in [1.165, 1.54) is 0 Å². The molecule has 2 unspecified atom stereocenters. The molecule has 1 spiro atoms. The lowest BCUT2D eigenvalue weighted by Crippen LogP contribution is -2.70. The van der Waals surface area contributed by atoms with Crippen LogP contribution in [0.5, 0.6) is 0 Å². The van der Waals surface area contributed by atoms with Gasteiger partial charge in [-0.3, -0.25) is 9.59 Å². The summed E-state index contributed by atoms with van der Waals surface area (Å²) in [6.45, 7) is 0.439. The Hall–Kier alpha value is -1.10. The highest BCUT2D eigenvalue weighted by molar-refractivity contribution is 6.00. The van der Waals surface area contributed by atoms with Crippen molar-refractivity contribution in [3.05, 3.63) is 0 Å². The van der Waals surface area contributed by atoms with E-state index in [4.69, 9.17) is 5.11 Å². The Kier molecular flexibility index (Phi) is 1.04. The minimum Gasteiger partial charge on any atom is -0.383 e. The molecule has 5 heteroatoms. The molecule has 0 aliphatic carbocycles. The van der Waals surface area contributed by atoms with E-state index in [0.717, 1.165) is 0 Å². The molecular formula is C6H8N2O3. The van der Waals surface area contributed by atoms with Gasteiger partial charge in [-0.1, -0.05) is 0 Å². The average Bonchev–Trinajstić information content (AvgIpc) is 2.28. The lowest BCUT2D eigenvalue weighted by molar-refractivity contribution is -0.136. The third-order valence-corrected chi connectivity index (χ3v) is 2.19. The van der Waals surface area contributed by atoms with Crippen LogP contribution in [0.2, 0.25) is 0 Å². The predicted octanol–water partition coefficient (Wildman–Crippen LogP) is -2.26. The van der Waals surface area contributed by atoms with E-state index in [1.54, 1.807) is 0 Å². The predicted molar refractivity (Wildman–Crippen MR) is 34.5 cm³/mol. The van der Waals surface area contributed by atoms with Crippen molar-refractivity contribution >= 4 is 11.8 Å². The molecule has 2 aliphatic rings. The maximum absolute atomic E-state index is 10.9. The van der Waals surface area contributed by atoms with E-state index in [2.05, 4.69) is 10.6 Å². The van der Waals surface area contributed by atoms with Gasteiger partial charge in [0.2, 0.25) is 11.8 Å². The molecule has 2 saturated heterocycles. The third-order valence-electron chi connectivity index (χ3n) is 2.19. The third kappa shape index (κ3) is 0.683. The van der Waals surface area contributed by atoms with Gasteiger partial charge in [0.05, 0.1) is 0 Å². The lowest BCUT2D eigenvalue weighted by atomic mass is 9.89. The number of aliphatic hydroxyl groups is 1. The first-order valence-electron chi connectivity index (χ1n) is 3.42. The molecule has 0 aromatic heterocycles. The molecule has 0 radical (unpaired) electrons. The van der Waals surface area contributed by atoms with Crippen molar-refractivity contribution in [1.82, 2.24) is 10.6 Å². The summed E-state index contributed by atoms with van der Waals surface area (Å²) in [5, 5.41) is 14.0. The van der Waals surface area contributed by atoms with Gasteiger partial charge >= 0.3 is 0 Å². The van der Waals surface area contributed by atoms with Gasteiger partial charge in [-0.25, -0.2) is 0 Å². The lowest BCUT2D eigenvalue weighted by Gasteiger charge is -2.36. The Balaban J connectivity index is 2.20. The number of hydrogen-bond donors (Lipinski definition) is 3. The molecule has 0 saturated carbocycles. The van der Waals surface area contributed by atoms with Crippen LogP contribution in [0.25, 0.3) is 0 Å². The molecule has 2 atom stereocenters. The zero-order valence-electron chi connectivity index (χ0n) is 5.76. The van der Waals surface area contributed by atoms with E-state index < -0.39 is 17.6 Å². The van der Waals surface area contributed by atoms with Gasteiger partial charge in [0.25, 0.3) is 0 Å². The number of β-lactam (4-membered cyclic amide) rings is 1. The first kappa shape index (κ1) is 6.60. The van der Waals surface area contributed by atoms with Crippen LogP contribution in [0.15, 0.2) is 0 Å². The monoisotopic (exact) mass is 156 g/mol. The van der Waals surface area contributed by atoms with Crippen LogP contribution < -0.4 is 10.6 Å². The quantitative estimate of drug-likeness (QED) is 0.346. The van der Waals surface area contributed by atoms with E-state index in [1.807, 2.05) is 0 Å². The van der Waals surface area contributed by atoms with Crippen LogP contribution in [-0.4, -0.2) is 35.1 Å². The fourth-order valence-corrected chi connectivity index (χ4v) is 1.43. The maximum Gasteiger partial charge on any atom is 0.249 e. The van der Waals surface area contributed by atoms with Crippen molar-refractivity contribution in [2.75, 3.05) is 6.54 Å². The van der Waals surface area contributed by atoms with Gasteiger partial charge in [0, 0.05) is 13.0 Å². The van der Waals surface area contributed by atoms with Crippen LogP contribution >= 0.6 is 0 Å². The van der Waals surface area contributed by atoms with E-state index in [9.17, 15) is 9.59 Å². The molecule has 2 aliphatic heterocycles. The Morgan fingerprint density at radius 1 is 1.55 bits per heavy atom. The molecule has 2 amide bonds. The second-order valence-corrected chi connectivity index (χ2v) is 2.97. The number of rotatable bonds is 0. The number of amides is 2. The fourth-order valence-electron chi connectivity index (χ4n) is 1.43. The molecule has 0 bridgehead atoms. The Morgan fingerprint density at radius 3 is 2.45 bits per heavy atom. The Morgan fingerprint density at radius 2 is 2.27 bits per heavy atom. The molecule has 2 fully saturated rings. The summed E-state index contributed by atoms with van der Waals surface area (Å²) >= 11 is 0. The van der Waals surface area contributed by atoms with Crippen molar-refractivity contribution in [1.29, 1.82) is 0 Å². The summed E-state index contributed by atoms with van der Waals surface area (Å²) < 4.78 is 0. The van der Waals surface area contributed by atoms with Gasteiger partial charge < -0.3 is 15.7 Å². The molecule has 11 heavy (non-hydrogen) atoms. The summed E-state index contributed by atoms with van der Waals surface area (Å²) in [7, 11) is 0. The summed E-state index contributed by atoms with van der Waals surface area (Å²) in [5.41, 5.74) is -0.781. The highest BCUT2D eigenvalue weighted by atomic mass is 16.3. The van der Waals surface area contributed by atoms with Gasteiger partial charge in [0.15, 0.2) is 0 Å². The summed E-state index contributed by atoms with van der Waals surface area (Å²) in [4.78, 5) is 21.7. The van der Waals surface area contributed by atoms with Gasteiger partial charge in [-0.2, -0.15) is 0 Å². The van der Waals surface area contributed by atoms with Gasteiger partial charge in [-0.05, 0) is 0 Å². The minimum atomic E-state index is -1.01. The Bertz CT molecular complexity index is 238. The van der Waals surface area contributed by atoms with Crippen LogP contribution in [0, 0.1) is 0 Å². The summed E-state index contributed by atoms with van der Waals surface area (Å²) in [5.74, 6) is -0.637. The topological polar surface area (TPSA) is 78.4 Å². The maximum atomic E-state index is 10.9. The normalized spacial score (nSPS) is 41.7. The highest BCUT2D eigenvalue weighted by Crippen LogP contribution is 2.25. The SMILES string of the molecule is O=C1NC2(CNC2=O)CC1O. The molecule has 5 nitrogen and oxygen atoms in total. The molecular weight excluding hydrogens is 148 g/mol. The second kappa shape index (κ2) is 1.73. The van der Waals surface area contributed by atoms with Crippen LogP contribution in [0.4, 0.5) is 0 Å². The molecule has 2 rings (SSSR count). The largest absolute Gasteiger partial charge is 0.383 e. The van der Waals surface area contributed by atoms with E-state index >= 15 is 0 Å². The summed E-state index contributed by atoms with van der Waals surface area (Å²) in [6.07, 6.45) is -0.807. The van der Waals surface area contributed by atoms with E-state index in [-0.39, 0.29) is 12.3 Å². The fraction of sp³-hybridized carbons (Fsp3) is 0.667. The first-order chi connectivity index (χ1) is 5.14. The van der Waals surface area contributed by atoms with Crippen molar-refractivity contribution < 1.29 is 14.7 Å². The molecule has 0 aromatic carbocycles. The summed E-state index contributed by atoms with van der Waals surface area (Å²) in [6, 6.07) is 0. The van der Waals surface area contributed by atoms with Crippen molar-refractivity contribution in [3.63, 3.8) is 0 Å². The smallest absolute Gasteiger partial charge is 0.249 e. The second-order valence-electron chi connectivity index (χ2n) is 2.97. The number of aliphatic hydroxyl groups excluding tert-OH is 1. The van der Waals surface area contributed by atoms with E-state index in [0.29, 0.717) is 6.54 Å². The first-order valence-corrected chi connectivity index (χ1v) is 3.42. The number of carbonyl (C=O) groups excluding carboxylic acids is 2. The highest BCUT2D eigenvalue weighted by Gasteiger charge is 2.54. The standard InChI is InChI=1S/C6H8N2O3/c9-3-1-6(8-4(3)10)2-7-5(6)11/h3,9H,1-2H2,(H,7,11)(H,8,10). The molecule has 60 valence electrons. The molecule has 2 heterocycles. The van der Waals surface area contributed by atoms with Crippen LogP contribution in [0.3, 0.4) is 0 Å². The van der Waals surface area contributed by atoms with Crippen LogP contribution in [-0.2, 0) is 9.59 Å². The van der Waals surface area contributed by atoms with Gasteiger partial charge in [-0.15, -0.1) is 0 Å². The van der Waals surface area contributed by atoms with Crippen LogP contribution in [0.1, 0.15) is 6.42 Å². The van der Waals surface area contributed by atoms with Crippen molar-refractivity contribution in [3.8, 4) is 0 Å². The number of nitrogens with one attached hydrogen (secondary N) is 2. The Labute approximate surface area is 62.8 Å². The van der Waals surface area contributed by atoms with Crippen molar-refractivity contribution in [2.45, 2.75) is 18.1 Å². The number of hydrogen-bond acceptors (Lipinski definition) is 3. The van der Waals surface area contributed by atoms with Gasteiger partial charge in [0.1, 0.15) is 11.6 Å². The average molecular weight is 156 g/mol. The molecule has 3 N–H and O–H groups in total. The zero-order valence-corrected chi connectivity index (χ0v) is 5.76. The minimum absolute atomic E-state index is 0.192. The zero-order chi connectivity index (χ0) is 8.06. The number of carbonyl (C=O) groups is 2. The van der Waals surface area contributed by atoms with Crippen molar-refractivity contribution in [2.24, 2.45) is 0 Å². The molecule has 0 aromatic rings.